The second-order valence-corrected chi connectivity index (χ2v) is 7.11. The molecule has 2 aromatic rings. The summed E-state index contributed by atoms with van der Waals surface area (Å²) in [6, 6.07) is 6.70. The monoisotopic (exact) mass is 340 g/mol. The zero-order valence-corrected chi connectivity index (χ0v) is 14.4. The Bertz CT molecular complexity index is 757. The third-order valence-electron chi connectivity index (χ3n) is 3.21. The molecular formula is C16H21O6P. The minimum atomic E-state index is -3.12. The SMILES string of the molecule is CCOP(=O)(CCOc1ccc2c(C)cc(=O)oc2c1)OCC. The molecule has 0 saturated carbocycles. The molecule has 0 spiro atoms. The van der Waals surface area contributed by atoms with E-state index in [1.165, 1.54) is 6.07 Å². The first-order chi connectivity index (χ1) is 11.0. The van der Waals surface area contributed by atoms with Crippen LogP contribution in [0.15, 0.2) is 33.5 Å². The first-order valence-corrected chi connectivity index (χ1v) is 9.25. The normalized spacial score (nSPS) is 11.8. The van der Waals surface area contributed by atoms with Gasteiger partial charge in [0.25, 0.3) is 0 Å². The maximum Gasteiger partial charge on any atom is 0.336 e. The molecule has 0 N–H and O–H groups in total. The van der Waals surface area contributed by atoms with Gasteiger partial charge in [-0.3, -0.25) is 4.57 Å². The summed E-state index contributed by atoms with van der Waals surface area (Å²) in [5, 5.41) is 0.853. The predicted molar refractivity (Wildman–Crippen MR) is 88.4 cm³/mol. The molecule has 0 aliphatic rings. The van der Waals surface area contributed by atoms with Crippen molar-refractivity contribution in [2.45, 2.75) is 20.8 Å². The van der Waals surface area contributed by atoms with Gasteiger partial charge < -0.3 is 18.2 Å². The molecular weight excluding hydrogens is 319 g/mol. The third-order valence-corrected chi connectivity index (χ3v) is 5.24. The van der Waals surface area contributed by atoms with Crippen LogP contribution in [0.2, 0.25) is 0 Å². The van der Waals surface area contributed by atoms with Crippen LogP contribution < -0.4 is 10.4 Å². The highest BCUT2D eigenvalue weighted by Gasteiger charge is 2.23. The zero-order valence-electron chi connectivity index (χ0n) is 13.5. The average molecular weight is 340 g/mol. The molecule has 0 saturated heterocycles. The second kappa shape index (κ2) is 7.77. The summed E-state index contributed by atoms with van der Waals surface area (Å²) in [6.45, 7) is 6.19. The van der Waals surface area contributed by atoms with Crippen molar-refractivity contribution < 1.29 is 22.8 Å². The lowest BCUT2D eigenvalue weighted by Gasteiger charge is -2.17. The lowest BCUT2D eigenvalue weighted by Crippen LogP contribution is -2.08. The van der Waals surface area contributed by atoms with Gasteiger partial charge in [-0.15, -0.1) is 0 Å². The van der Waals surface area contributed by atoms with Crippen LogP contribution in [-0.4, -0.2) is 26.0 Å². The summed E-state index contributed by atoms with van der Waals surface area (Å²) in [5.74, 6) is 0.533. The highest BCUT2D eigenvalue weighted by molar-refractivity contribution is 7.53. The van der Waals surface area contributed by atoms with Crippen molar-refractivity contribution in [3.8, 4) is 5.75 Å². The van der Waals surface area contributed by atoms with Crippen molar-refractivity contribution in [2.24, 2.45) is 0 Å². The molecule has 0 bridgehead atoms. The highest BCUT2D eigenvalue weighted by atomic mass is 31.2. The van der Waals surface area contributed by atoms with Crippen molar-refractivity contribution in [3.63, 3.8) is 0 Å². The molecule has 0 radical (unpaired) electrons. The topological polar surface area (TPSA) is 75.0 Å². The highest BCUT2D eigenvalue weighted by Crippen LogP contribution is 2.47. The van der Waals surface area contributed by atoms with Crippen molar-refractivity contribution in [2.75, 3.05) is 26.0 Å². The summed E-state index contributed by atoms with van der Waals surface area (Å²) in [6.07, 6.45) is 0.157. The van der Waals surface area contributed by atoms with Crippen molar-refractivity contribution >= 4 is 18.6 Å². The van der Waals surface area contributed by atoms with E-state index in [0.29, 0.717) is 24.5 Å². The van der Waals surface area contributed by atoms with Gasteiger partial charge >= 0.3 is 13.2 Å². The molecule has 0 aliphatic carbocycles. The summed E-state index contributed by atoms with van der Waals surface area (Å²) in [4.78, 5) is 11.4. The molecule has 0 fully saturated rings. The van der Waals surface area contributed by atoms with Crippen LogP contribution in [0.4, 0.5) is 0 Å². The third kappa shape index (κ3) is 4.67. The minimum Gasteiger partial charge on any atom is -0.493 e. The molecule has 1 heterocycles. The molecule has 2 rings (SSSR count). The largest absolute Gasteiger partial charge is 0.493 e. The van der Waals surface area contributed by atoms with Gasteiger partial charge in [0.15, 0.2) is 0 Å². The van der Waals surface area contributed by atoms with E-state index >= 15 is 0 Å². The van der Waals surface area contributed by atoms with Gasteiger partial charge in [0.1, 0.15) is 11.3 Å². The molecule has 0 amide bonds. The first kappa shape index (κ1) is 17.7. The number of fused-ring (bicyclic) bond motifs is 1. The predicted octanol–water partition coefficient (Wildman–Crippen LogP) is 3.75. The Hall–Kier alpha value is -1.62. The van der Waals surface area contributed by atoms with Crippen LogP contribution in [0.5, 0.6) is 5.75 Å². The smallest absolute Gasteiger partial charge is 0.336 e. The minimum absolute atomic E-state index is 0.157. The summed E-state index contributed by atoms with van der Waals surface area (Å²) in [5.41, 5.74) is 0.912. The van der Waals surface area contributed by atoms with Gasteiger partial charge in [-0.2, -0.15) is 0 Å². The average Bonchev–Trinajstić information content (AvgIpc) is 2.47. The van der Waals surface area contributed by atoms with E-state index in [9.17, 15) is 9.36 Å². The number of hydrogen-bond acceptors (Lipinski definition) is 6. The lowest BCUT2D eigenvalue weighted by atomic mass is 10.1. The molecule has 23 heavy (non-hydrogen) atoms. The Labute approximate surface area is 134 Å². The van der Waals surface area contributed by atoms with E-state index in [1.807, 2.05) is 13.0 Å². The van der Waals surface area contributed by atoms with E-state index < -0.39 is 13.2 Å². The molecule has 6 nitrogen and oxygen atoms in total. The van der Waals surface area contributed by atoms with Gasteiger partial charge in [0.05, 0.1) is 26.0 Å². The quantitative estimate of drug-likeness (QED) is 0.538. The van der Waals surface area contributed by atoms with E-state index in [1.54, 1.807) is 26.0 Å². The molecule has 0 unspecified atom stereocenters. The maximum atomic E-state index is 12.3. The Morgan fingerprint density at radius 2 is 1.83 bits per heavy atom. The zero-order chi connectivity index (χ0) is 16.9. The summed E-state index contributed by atoms with van der Waals surface area (Å²) >= 11 is 0. The van der Waals surface area contributed by atoms with E-state index in [-0.39, 0.29) is 12.8 Å². The molecule has 126 valence electrons. The fraction of sp³-hybridized carbons (Fsp3) is 0.438. The number of hydrogen-bond donors (Lipinski definition) is 0. The standard InChI is InChI=1S/C16H21O6P/c1-4-20-23(18,21-5-2)9-8-19-13-6-7-14-12(3)10-16(17)22-15(14)11-13/h6-7,10-11H,4-5,8-9H2,1-3H3. The first-order valence-electron chi connectivity index (χ1n) is 7.53. The molecule has 1 aromatic heterocycles. The number of aryl methyl sites for hydroxylation is 1. The van der Waals surface area contributed by atoms with E-state index in [4.69, 9.17) is 18.2 Å². The molecule has 0 aliphatic heterocycles. The van der Waals surface area contributed by atoms with Crippen molar-refractivity contribution in [3.05, 3.63) is 40.2 Å². The van der Waals surface area contributed by atoms with Gasteiger partial charge in [0.2, 0.25) is 0 Å². The van der Waals surface area contributed by atoms with Crippen molar-refractivity contribution in [1.82, 2.24) is 0 Å². The maximum absolute atomic E-state index is 12.3. The fourth-order valence-electron chi connectivity index (χ4n) is 2.23. The van der Waals surface area contributed by atoms with Crippen LogP contribution >= 0.6 is 7.60 Å². The van der Waals surface area contributed by atoms with Crippen LogP contribution in [0.1, 0.15) is 19.4 Å². The molecule has 0 atom stereocenters. The van der Waals surface area contributed by atoms with Gasteiger partial charge in [-0.25, -0.2) is 4.79 Å². The van der Waals surface area contributed by atoms with Gasteiger partial charge in [-0.05, 0) is 38.5 Å². The number of ether oxygens (including phenoxy) is 1. The summed E-state index contributed by atoms with van der Waals surface area (Å²) < 4.78 is 33.5. The number of benzene rings is 1. The summed E-state index contributed by atoms with van der Waals surface area (Å²) in [7, 11) is -3.12. The van der Waals surface area contributed by atoms with Crippen LogP contribution in [0.3, 0.4) is 0 Å². The van der Waals surface area contributed by atoms with Crippen molar-refractivity contribution in [1.29, 1.82) is 0 Å². The molecule has 1 aromatic carbocycles. The fourth-order valence-corrected chi connectivity index (χ4v) is 3.66. The molecule has 7 heteroatoms. The van der Waals surface area contributed by atoms with E-state index in [0.717, 1.165) is 10.9 Å². The van der Waals surface area contributed by atoms with Crippen LogP contribution in [-0.2, 0) is 13.6 Å². The Morgan fingerprint density at radius 1 is 1.13 bits per heavy atom. The van der Waals surface area contributed by atoms with Crippen LogP contribution in [0.25, 0.3) is 11.0 Å². The number of rotatable bonds is 8. The second-order valence-electron chi connectivity index (χ2n) is 4.92. The Kier molecular flexibility index (Phi) is 5.99. The Morgan fingerprint density at radius 3 is 2.48 bits per heavy atom. The lowest BCUT2D eigenvalue weighted by molar-refractivity contribution is 0.213. The Balaban J connectivity index is 2.07. The van der Waals surface area contributed by atoms with Gasteiger partial charge in [0, 0.05) is 17.5 Å². The van der Waals surface area contributed by atoms with E-state index in [2.05, 4.69) is 0 Å². The van der Waals surface area contributed by atoms with Gasteiger partial charge in [-0.1, -0.05) is 0 Å². The van der Waals surface area contributed by atoms with Crippen LogP contribution in [0, 0.1) is 6.92 Å².